The number of nitro groups is 1. The highest BCUT2D eigenvalue weighted by Gasteiger charge is 2.22. The first kappa shape index (κ1) is 16.5. The van der Waals surface area contributed by atoms with E-state index in [2.05, 4.69) is 10.0 Å². The van der Waals surface area contributed by atoms with Crippen LogP contribution in [0.2, 0.25) is 0 Å². The Balaban J connectivity index is 2.83. The average molecular weight is 301 g/mol. The fraction of sp³-hybridized carbons (Fsp3) is 0.500. The van der Waals surface area contributed by atoms with Gasteiger partial charge in [0.05, 0.1) is 9.82 Å². The van der Waals surface area contributed by atoms with Gasteiger partial charge in [0.2, 0.25) is 10.0 Å². The number of nitrogens with zero attached hydrogens (tertiary/aromatic N) is 1. The Bertz CT molecular complexity index is 572. The van der Waals surface area contributed by atoms with E-state index >= 15 is 0 Å². The number of nitrogens with one attached hydrogen (secondary N) is 2. The molecule has 0 atom stereocenters. The molecule has 0 saturated carbocycles. The van der Waals surface area contributed by atoms with Gasteiger partial charge in [-0.1, -0.05) is 13.0 Å². The predicted octanol–water partition coefficient (Wildman–Crippen LogP) is 1.18. The van der Waals surface area contributed by atoms with Crippen LogP contribution in [0.4, 0.5) is 5.69 Å². The Labute approximate surface area is 118 Å². The van der Waals surface area contributed by atoms with Crippen molar-refractivity contribution in [3.63, 3.8) is 0 Å². The number of hydrogen-bond donors (Lipinski definition) is 2. The molecule has 0 saturated heterocycles. The maximum atomic E-state index is 12.1. The summed E-state index contributed by atoms with van der Waals surface area (Å²) in [7, 11) is -3.72. The summed E-state index contributed by atoms with van der Waals surface area (Å²) in [6, 6.07) is 4.03. The lowest BCUT2D eigenvalue weighted by molar-refractivity contribution is -0.385. The molecule has 112 valence electrons. The molecule has 8 heteroatoms. The van der Waals surface area contributed by atoms with Crippen molar-refractivity contribution < 1.29 is 13.3 Å². The molecule has 2 N–H and O–H groups in total. The largest absolute Gasteiger partial charge is 0.317 e. The molecule has 0 aromatic heterocycles. The van der Waals surface area contributed by atoms with Gasteiger partial charge in [0.25, 0.3) is 5.69 Å². The van der Waals surface area contributed by atoms with Crippen molar-refractivity contribution >= 4 is 15.7 Å². The van der Waals surface area contributed by atoms with Gasteiger partial charge in [0.1, 0.15) is 0 Å². The van der Waals surface area contributed by atoms with Crippen molar-refractivity contribution in [2.24, 2.45) is 0 Å². The summed E-state index contributed by atoms with van der Waals surface area (Å²) in [5.41, 5.74) is -0.0443. The van der Waals surface area contributed by atoms with E-state index in [9.17, 15) is 18.5 Å². The topological polar surface area (TPSA) is 101 Å². The summed E-state index contributed by atoms with van der Waals surface area (Å²) in [4.78, 5) is 10.2. The van der Waals surface area contributed by atoms with Gasteiger partial charge in [-0.3, -0.25) is 10.1 Å². The fourth-order valence-electron chi connectivity index (χ4n) is 1.77. The SMILES string of the molecule is CCNCCCNS(=O)(=O)c1cccc([N+](=O)[O-])c1C. The molecule has 0 heterocycles. The summed E-state index contributed by atoms with van der Waals surface area (Å²) >= 11 is 0. The van der Waals surface area contributed by atoms with E-state index in [0.717, 1.165) is 6.54 Å². The minimum atomic E-state index is -3.72. The molecule has 1 aromatic carbocycles. The van der Waals surface area contributed by atoms with Gasteiger partial charge in [0, 0.05) is 18.2 Å². The molecule has 0 spiro atoms. The van der Waals surface area contributed by atoms with Crippen LogP contribution in [0.5, 0.6) is 0 Å². The van der Waals surface area contributed by atoms with Crippen LogP contribution in [-0.2, 0) is 10.0 Å². The van der Waals surface area contributed by atoms with Crippen LogP contribution in [0.1, 0.15) is 18.9 Å². The van der Waals surface area contributed by atoms with E-state index in [-0.39, 0.29) is 22.7 Å². The third kappa shape index (κ3) is 4.26. The number of rotatable bonds is 8. The second-order valence-electron chi connectivity index (χ2n) is 4.26. The maximum absolute atomic E-state index is 12.1. The highest BCUT2D eigenvalue weighted by molar-refractivity contribution is 7.89. The third-order valence-electron chi connectivity index (χ3n) is 2.81. The van der Waals surface area contributed by atoms with Gasteiger partial charge in [-0.15, -0.1) is 0 Å². The summed E-state index contributed by atoms with van der Waals surface area (Å²) in [5, 5.41) is 13.9. The molecule has 20 heavy (non-hydrogen) atoms. The first-order valence-electron chi connectivity index (χ1n) is 6.34. The maximum Gasteiger partial charge on any atom is 0.273 e. The normalized spacial score (nSPS) is 11.5. The summed E-state index contributed by atoms with van der Waals surface area (Å²) in [6.45, 7) is 5.24. The quantitative estimate of drug-likeness (QED) is 0.426. The molecule has 0 radical (unpaired) electrons. The molecule has 0 unspecified atom stereocenters. The molecule has 7 nitrogen and oxygen atoms in total. The molecule has 0 amide bonds. The molecular formula is C12H19N3O4S. The molecule has 0 aliphatic heterocycles. The number of hydrogen-bond acceptors (Lipinski definition) is 5. The van der Waals surface area contributed by atoms with Crippen LogP contribution < -0.4 is 10.0 Å². The Morgan fingerprint density at radius 1 is 1.30 bits per heavy atom. The van der Waals surface area contributed by atoms with Crippen LogP contribution in [0.25, 0.3) is 0 Å². The molecule has 0 aliphatic carbocycles. The lowest BCUT2D eigenvalue weighted by Gasteiger charge is -2.09. The number of nitro benzene ring substituents is 1. The van der Waals surface area contributed by atoms with E-state index in [1.807, 2.05) is 6.92 Å². The van der Waals surface area contributed by atoms with E-state index in [4.69, 9.17) is 0 Å². The molecule has 0 bridgehead atoms. The van der Waals surface area contributed by atoms with E-state index < -0.39 is 14.9 Å². The zero-order valence-corrected chi connectivity index (χ0v) is 12.4. The van der Waals surface area contributed by atoms with Crippen molar-refractivity contribution in [1.82, 2.24) is 10.0 Å². The average Bonchev–Trinajstić information content (AvgIpc) is 2.38. The highest BCUT2D eigenvalue weighted by atomic mass is 32.2. The van der Waals surface area contributed by atoms with E-state index in [0.29, 0.717) is 13.0 Å². The second kappa shape index (κ2) is 7.32. The molecule has 0 aliphatic rings. The summed E-state index contributed by atoms with van der Waals surface area (Å²) in [6.07, 6.45) is 0.654. The van der Waals surface area contributed by atoms with Crippen molar-refractivity contribution in [2.45, 2.75) is 25.2 Å². The van der Waals surface area contributed by atoms with Crippen LogP contribution in [-0.4, -0.2) is 33.0 Å². The predicted molar refractivity (Wildman–Crippen MR) is 76.2 cm³/mol. The van der Waals surface area contributed by atoms with Gasteiger partial charge in [-0.05, 0) is 32.5 Å². The van der Waals surface area contributed by atoms with Crippen molar-refractivity contribution in [3.05, 3.63) is 33.9 Å². The smallest absolute Gasteiger partial charge is 0.273 e. The lowest BCUT2D eigenvalue weighted by atomic mass is 10.2. The minimum absolute atomic E-state index is 0.0462. The fourth-order valence-corrected chi connectivity index (χ4v) is 3.10. The van der Waals surface area contributed by atoms with E-state index in [1.54, 1.807) is 0 Å². The molecular weight excluding hydrogens is 282 g/mol. The van der Waals surface area contributed by atoms with Crippen LogP contribution in [0, 0.1) is 17.0 Å². The molecule has 0 fully saturated rings. The van der Waals surface area contributed by atoms with E-state index in [1.165, 1.54) is 25.1 Å². The van der Waals surface area contributed by atoms with Crippen LogP contribution >= 0.6 is 0 Å². The first-order chi connectivity index (χ1) is 9.40. The monoisotopic (exact) mass is 301 g/mol. The van der Waals surface area contributed by atoms with Crippen LogP contribution in [0.3, 0.4) is 0 Å². The third-order valence-corrected chi connectivity index (χ3v) is 4.42. The van der Waals surface area contributed by atoms with Gasteiger partial charge < -0.3 is 5.32 Å². The summed E-state index contributed by atoms with van der Waals surface area (Å²) < 4.78 is 26.7. The second-order valence-corrected chi connectivity index (χ2v) is 6.00. The van der Waals surface area contributed by atoms with Crippen molar-refractivity contribution in [2.75, 3.05) is 19.6 Å². The van der Waals surface area contributed by atoms with Gasteiger partial charge in [-0.2, -0.15) is 0 Å². The van der Waals surface area contributed by atoms with Crippen molar-refractivity contribution in [1.29, 1.82) is 0 Å². The Kier molecular flexibility index (Phi) is 6.05. The minimum Gasteiger partial charge on any atom is -0.317 e. The zero-order chi connectivity index (χ0) is 15.2. The number of benzene rings is 1. The van der Waals surface area contributed by atoms with Gasteiger partial charge in [0.15, 0.2) is 0 Å². The Morgan fingerprint density at radius 2 is 2.00 bits per heavy atom. The van der Waals surface area contributed by atoms with Crippen LogP contribution in [0.15, 0.2) is 23.1 Å². The lowest BCUT2D eigenvalue weighted by Crippen LogP contribution is -2.28. The van der Waals surface area contributed by atoms with Gasteiger partial charge >= 0.3 is 0 Å². The Morgan fingerprint density at radius 3 is 2.60 bits per heavy atom. The van der Waals surface area contributed by atoms with Gasteiger partial charge in [-0.25, -0.2) is 13.1 Å². The summed E-state index contributed by atoms with van der Waals surface area (Å²) in [5.74, 6) is 0. The molecule has 1 rings (SSSR count). The molecule has 1 aromatic rings. The standard InChI is InChI=1S/C12H19N3O4S/c1-3-13-8-5-9-14-20(18,19)12-7-4-6-11(10(12)2)15(16)17/h4,6-7,13-14H,3,5,8-9H2,1-2H3. The van der Waals surface area contributed by atoms with Crippen molar-refractivity contribution in [3.8, 4) is 0 Å². The zero-order valence-electron chi connectivity index (χ0n) is 11.5. The number of sulfonamides is 1. The highest BCUT2D eigenvalue weighted by Crippen LogP contribution is 2.24. The first-order valence-corrected chi connectivity index (χ1v) is 7.83. The Hall–Kier alpha value is -1.51.